The second kappa shape index (κ2) is 8.85. The monoisotopic (exact) mass is 452 g/mol. The summed E-state index contributed by atoms with van der Waals surface area (Å²) >= 11 is 6.60. The van der Waals surface area contributed by atoms with E-state index in [4.69, 9.17) is 16.7 Å². The van der Waals surface area contributed by atoms with Gasteiger partial charge >= 0.3 is 0 Å². The van der Waals surface area contributed by atoms with Crippen molar-refractivity contribution in [1.29, 1.82) is 0 Å². The zero-order valence-corrected chi connectivity index (χ0v) is 18.4. The standard InChI is InChI=1S/C28H21ClN2O2/c29-25-8-4-5-9-26(25)31-28(21-12-16-23(33)17-13-21)24(18-19-6-2-1-3-7-19)27(30-31)20-10-14-22(32)15-11-20/h1-17,32-33H,18H2. The second-order valence-corrected chi connectivity index (χ2v) is 8.20. The Kier molecular flexibility index (Phi) is 5.59. The van der Waals surface area contributed by atoms with Gasteiger partial charge in [-0.25, -0.2) is 4.68 Å². The Balaban J connectivity index is 1.82. The lowest BCUT2D eigenvalue weighted by Crippen LogP contribution is -2.01. The predicted molar refractivity (Wildman–Crippen MR) is 132 cm³/mol. The van der Waals surface area contributed by atoms with Gasteiger partial charge in [-0.05, 0) is 66.2 Å². The fourth-order valence-corrected chi connectivity index (χ4v) is 4.20. The maximum Gasteiger partial charge on any atom is 0.115 e. The van der Waals surface area contributed by atoms with Gasteiger partial charge in [-0.1, -0.05) is 54.1 Å². The van der Waals surface area contributed by atoms with Crippen molar-refractivity contribution in [3.8, 4) is 39.7 Å². The predicted octanol–water partition coefficient (Wildman–Crippen LogP) is 6.86. The SMILES string of the molecule is Oc1ccc(-c2nn(-c3ccccc3Cl)c(-c3ccc(O)cc3)c2Cc2ccccc2)cc1. The van der Waals surface area contributed by atoms with Gasteiger partial charge in [0.25, 0.3) is 0 Å². The number of nitrogens with zero attached hydrogens (tertiary/aromatic N) is 2. The second-order valence-electron chi connectivity index (χ2n) is 7.80. The summed E-state index contributed by atoms with van der Waals surface area (Å²) in [5.41, 5.74) is 6.45. The molecule has 0 radical (unpaired) electrons. The van der Waals surface area contributed by atoms with Crippen LogP contribution in [0.1, 0.15) is 11.1 Å². The summed E-state index contributed by atoms with van der Waals surface area (Å²) in [6, 6.07) is 32.0. The number of aromatic nitrogens is 2. The third-order valence-electron chi connectivity index (χ3n) is 5.57. The van der Waals surface area contributed by atoms with E-state index in [9.17, 15) is 10.2 Å². The van der Waals surface area contributed by atoms with E-state index in [1.54, 1.807) is 24.3 Å². The molecule has 0 aliphatic rings. The molecule has 0 unspecified atom stereocenters. The smallest absolute Gasteiger partial charge is 0.115 e. The maximum atomic E-state index is 9.88. The van der Waals surface area contributed by atoms with Gasteiger partial charge in [-0.15, -0.1) is 0 Å². The largest absolute Gasteiger partial charge is 0.508 e. The molecule has 2 N–H and O–H groups in total. The highest BCUT2D eigenvalue weighted by molar-refractivity contribution is 6.32. The number of phenols is 2. The summed E-state index contributed by atoms with van der Waals surface area (Å²) < 4.78 is 1.87. The molecule has 4 nitrogen and oxygen atoms in total. The minimum atomic E-state index is 0.200. The molecule has 33 heavy (non-hydrogen) atoms. The van der Waals surface area contributed by atoms with Crippen molar-refractivity contribution in [2.75, 3.05) is 0 Å². The summed E-state index contributed by atoms with van der Waals surface area (Å²) in [4.78, 5) is 0. The zero-order valence-electron chi connectivity index (χ0n) is 17.7. The third-order valence-corrected chi connectivity index (χ3v) is 5.89. The van der Waals surface area contributed by atoms with Crippen LogP contribution >= 0.6 is 11.6 Å². The van der Waals surface area contributed by atoms with E-state index in [0.717, 1.165) is 39.3 Å². The van der Waals surface area contributed by atoms with Crippen molar-refractivity contribution in [3.63, 3.8) is 0 Å². The van der Waals surface area contributed by atoms with Crippen molar-refractivity contribution in [2.45, 2.75) is 6.42 Å². The van der Waals surface area contributed by atoms with Crippen molar-refractivity contribution in [2.24, 2.45) is 0 Å². The van der Waals surface area contributed by atoms with Crippen LogP contribution in [0.5, 0.6) is 11.5 Å². The molecule has 162 valence electrons. The molecule has 1 heterocycles. The van der Waals surface area contributed by atoms with Crippen LogP contribution < -0.4 is 0 Å². The molecule has 0 spiro atoms. The number of hydrogen-bond acceptors (Lipinski definition) is 3. The summed E-state index contributed by atoms with van der Waals surface area (Å²) in [6.07, 6.45) is 0.651. The maximum absolute atomic E-state index is 9.88. The van der Waals surface area contributed by atoms with Gasteiger partial charge in [0.05, 0.1) is 22.1 Å². The lowest BCUT2D eigenvalue weighted by atomic mass is 9.96. The number of rotatable bonds is 5. The van der Waals surface area contributed by atoms with Crippen molar-refractivity contribution >= 4 is 11.6 Å². The number of aromatic hydroxyl groups is 2. The Bertz CT molecular complexity index is 1390. The molecule has 0 amide bonds. The zero-order chi connectivity index (χ0) is 22.8. The molecule has 0 atom stereocenters. The fourth-order valence-electron chi connectivity index (χ4n) is 3.98. The minimum absolute atomic E-state index is 0.200. The van der Waals surface area contributed by atoms with Crippen LogP contribution in [0.15, 0.2) is 103 Å². The topological polar surface area (TPSA) is 58.3 Å². The minimum Gasteiger partial charge on any atom is -0.508 e. The molecule has 0 bridgehead atoms. The Morgan fingerprint density at radius 1 is 0.667 bits per heavy atom. The van der Waals surface area contributed by atoms with Crippen LogP contribution in [0.3, 0.4) is 0 Å². The Morgan fingerprint density at radius 3 is 1.88 bits per heavy atom. The van der Waals surface area contributed by atoms with E-state index in [-0.39, 0.29) is 11.5 Å². The molecule has 0 aliphatic heterocycles. The normalized spacial score (nSPS) is 10.9. The van der Waals surface area contributed by atoms with Crippen LogP contribution in [0, 0.1) is 0 Å². The first-order valence-electron chi connectivity index (χ1n) is 10.6. The quantitative estimate of drug-likeness (QED) is 0.306. The van der Waals surface area contributed by atoms with Crippen LogP contribution in [-0.2, 0) is 6.42 Å². The molecule has 0 saturated carbocycles. The average Bonchev–Trinajstić information content (AvgIpc) is 3.20. The molecular formula is C28H21ClN2O2. The Hall–Kier alpha value is -4.02. The highest BCUT2D eigenvalue weighted by Crippen LogP contribution is 2.38. The summed E-state index contributed by atoms with van der Waals surface area (Å²) in [5, 5.41) is 25.3. The molecule has 5 rings (SSSR count). The number of halogens is 1. The summed E-state index contributed by atoms with van der Waals surface area (Å²) in [5.74, 6) is 0.401. The highest BCUT2D eigenvalue weighted by Gasteiger charge is 2.23. The van der Waals surface area contributed by atoms with Crippen LogP contribution in [0.2, 0.25) is 5.02 Å². The van der Waals surface area contributed by atoms with Crippen LogP contribution in [0.4, 0.5) is 0 Å². The number of hydrogen-bond donors (Lipinski definition) is 2. The van der Waals surface area contributed by atoms with Gasteiger partial charge < -0.3 is 10.2 Å². The first-order valence-corrected chi connectivity index (χ1v) is 11.0. The number of phenolic OH excluding ortho intramolecular Hbond substituents is 2. The Labute approximate surface area is 197 Å². The van der Waals surface area contributed by atoms with Gasteiger partial charge in [-0.3, -0.25) is 0 Å². The molecule has 4 aromatic carbocycles. The lowest BCUT2D eigenvalue weighted by Gasteiger charge is -2.12. The van der Waals surface area contributed by atoms with Gasteiger partial charge in [0.2, 0.25) is 0 Å². The van der Waals surface area contributed by atoms with Crippen molar-refractivity contribution < 1.29 is 10.2 Å². The van der Waals surface area contributed by atoms with E-state index in [2.05, 4.69) is 12.1 Å². The molecule has 5 aromatic rings. The van der Waals surface area contributed by atoms with E-state index < -0.39 is 0 Å². The molecule has 0 saturated heterocycles. The van der Waals surface area contributed by atoms with Crippen LogP contribution in [0.25, 0.3) is 28.2 Å². The van der Waals surface area contributed by atoms with E-state index in [1.807, 2.05) is 71.4 Å². The molecule has 1 aromatic heterocycles. The van der Waals surface area contributed by atoms with E-state index >= 15 is 0 Å². The average molecular weight is 453 g/mol. The molecular weight excluding hydrogens is 432 g/mol. The summed E-state index contributed by atoms with van der Waals surface area (Å²) in [6.45, 7) is 0. The lowest BCUT2D eigenvalue weighted by molar-refractivity contribution is 0.475. The van der Waals surface area contributed by atoms with Crippen molar-refractivity contribution in [1.82, 2.24) is 9.78 Å². The molecule has 0 fully saturated rings. The van der Waals surface area contributed by atoms with Gasteiger partial charge in [0.1, 0.15) is 11.5 Å². The van der Waals surface area contributed by atoms with Crippen molar-refractivity contribution in [3.05, 3.63) is 119 Å². The first kappa shape index (κ1) is 20.9. The number of benzene rings is 4. The van der Waals surface area contributed by atoms with Gasteiger partial charge in [0.15, 0.2) is 0 Å². The number of para-hydroxylation sites is 1. The van der Waals surface area contributed by atoms with Gasteiger partial charge in [0, 0.05) is 23.1 Å². The van der Waals surface area contributed by atoms with E-state index in [1.165, 1.54) is 0 Å². The van der Waals surface area contributed by atoms with Gasteiger partial charge in [-0.2, -0.15) is 5.10 Å². The first-order chi connectivity index (χ1) is 16.1. The summed E-state index contributed by atoms with van der Waals surface area (Å²) in [7, 11) is 0. The third kappa shape index (κ3) is 4.21. The van der Waals surface area contributed by atoms with E-state index in [0.29, 0.717) is 11.4 Å². The fraction of sp³-hybridized carbons (Fsp3) is 0.0357. The van der Waals surface area contributed by atoms with Crippen LogP contribution in [-0.4, -0.2) is 20.0 Å². The highest BCUT2D eigenvalue weighted by atomic mass is 35.5. The Morgan fingerprint density at radius 2 is 1.24 bits per heavy atom. The molecule has 5 heteroatoms. The molecule has 0 aliphatic carbocycles.